The van der Waals surface area contributed by atoms with Crippen molar-refractivity contribution in [1.29, 1.82) is 0 Å². The average Bonchev–Trinajstić information content (AvgIpc) is 2.75. The zero-order valence-corrected chi connectivity index (χ0v) is 11.5. The number of aryl methyl sites for hydroxylation is 2. The van der Waals surface area contributed by atoms with E-state index in [1.54, 1.807) is 0 Å². The van der Waals surface area contributed by atoms with Crippen LogP contribution in [0.3, 0.4) is 0 Å². The molecular weight excluding hydrogens is 224 g/mol. The van der Waals surface area contributed by atoms with Crippen LogP contribution < -0.4 is 10.5 Å². The van der Waals surface area contributed by atoms with Crippen molar-refractivity contribution in [2.45, 2.75) is 32.7 Å². The van der Waals surface area contributed by atoms with E-state index < -0.39 is 0 Å². The predicted molar refractivity (Wildman–Crippen MR) is 75.1 cm³/mol. The summed E-state index contributed by atoms with van der Waals surface area (Å²) in [4.78, 5) is 2.43. The lowest BCUT2D eigenvalue weighted by atomic mass is 10.1. The maximum atomic E-state index is 5.88. The second kappa shape index (κ2) is 6.21. The Morgan fingerprint density at radius 1 is 1.39 bits per heavy atom. The van der Waals surface area contributed by atoms with Crippen LogP contribution in [0.4, 0.5) is 0 Å². The molecule has 100 valence electrons. The zero-order chi connectivity index (χ0) is 13.0. The molecule has 1 unspecified atom stereocenters. The molecule has 0 saturated carbocycles. The second-order valence-electron chi connectivity index (χ2n) is 5.32. The standard InChI is InChI=1S/C15H24N2O/c1-12-4-5-13(2)15(10-12)18-9-3-7-17-8-6-14(16)11-17/h4-5,10,14H,3,6-9,11,16H2,1-2H3. The molecule has 0 bridgehead atoms. The van der Waals surface area contributed by atoms with Gasteiger partial charge in [-0.3, -0.25) is 0 Å². The summed E-state index contributed by atoms with van der Waals surface area (Å²) in [6.07, 6.45) is 2.21. The van der Waals surface area contributed by atoms with Gasteiger partial charge in [-0.1, -0.05) is 12.1 Å². The van der Waals surface area contributed by atoms with Gasteiger partial charge in [-0.15, -0.1) is 0 Å². The third-order valence-electron chi connectivity index (χ3n) is 3.53. The van der Waals surface area contributed by atoms with Gasteiger partial charge in [-0.05, 0) is 50.4 Å². The first-order valence-electron chi connectivity index (χ1n) is 6.83. The third kappa shape index (κ3) is 3.72. The van der Waals surface area contributed by atoms with Crippen molar-refractivity contribution < 1.29 is 4.74 Å². The molecule has 0 radical (unpaired) electrons. The maximum absolute atomic E-state index is 5.88. The fourth-order valence-corrected chi connectivity index (χ4v) is 2.40. The highest BCUT2D eigenvalue weighted by Crippen LogP contribution is 2.19. The molecular formula is C15H24N2O. The minimum atomic E-state index is 0.380. The van der Waals surface area contributed by atoms with Crippen molar-refractivity contribution in [2.24, 2.45) is 5.73 Å². The summed E-state index contributed by atoms with van der Waals surface area (Å²) < 4.78 is 5.85. The predicted octanol–water partition coefficient (Wildman–Crippen LogP) is 2.11. The lowest BCUT2D eigenvalue weighted by molar-refractivity contribution is 0.261. The molecule has 1 aliphatic heterocycles. The fraction of sp³-hybridized carbons (Fsp3) is 0.600. The Morgan fingerprint density at radius 3 is 2.94 bits per heavy atom. The van der Waals surface area contributed by atoms with E-state index in [9.17, 15) is 0 Å². The Bertz CT molecular complexity index is 392. The maximum Gasteiger partial charge on any atom is 0.122 e. The van der Waals surface area contributed by atoms with Crippen LogP contribution in [-0.4, -0.2) is 37.2 Å². The van der Waals surface area contributed by atoms with E-state index in [-0.39, 0.29) is 0 Å². The molecule has 18 heavy (non-hydrogen) atoms. The molecule has 0 aliphatic carbocycles. The lowest BCUT2D eigenvalue weighted by Crippen LogP contribution is -2.28. The molecule has 0 aromatic heterocycles. The van der Waals surface area contributed by atoms with E-state index in [4.69, 9.17) is 10.5 Å². The number of likely N-dealkylation sites (tertiary alicyclic amines) is 1. The van der Waals surface area contributed by atoms with Gasteiger partial charge in [0.1, 0.15) is 5.75 Å². The Kier molecular flexibility index (Phi) is 4.61. The summed E-state index contributed by atoms with van der Waals surface area (Å²) in [7, 11) is 0. The van der Waals surface area contributed by atoms with Crippen LogP contribution >= 0.6 is 0 Å². The summed E-state index contributed by atoms with van der Waals surface area (Å²) in [5, 5.41) is 0. The van der Waals surface area contributed by atoms with Crippen LogP contribution in [0.1, 0.15) is 24.0 Å². The molecule has 2 N–H and O–H groups in total. The minimum Gasteiger partial charge on any atom is -0.493 e. The van der Waals surface area contributed by atoms with E-state index >= 15 is 0 Å². The molecule has 1 aliphatic rings. The fourth-order valence-electron chi connectivity index (χ4n) is 2.40. The largest absolute Gasteiger partial charge is 0.493 e. The molecule has 1 fully saturated rings. The van der Waals surface area contributed by atoms with Crippen molar-refractivity contribution in [3.8, 4) is 5.75 Å². The van der Waals surface area contributed by atoms with Crippen molar-refractivity contribution in [1.82, 2.24) is 4.90 Å². The molecule has 0 spiro atoms. The Morgan fingerprint density at radius 2 is 2.22 bits per heavy atom. The monoisotopic (exact) mass is 248 g/mol. The van der Waals surface area contributed by atoms with Crippen LogP contribution in [0.2, 0.25) is 0 Å². The summed E-state index contributed by atoms with van der Waals surface area (Å²) in [5.41, 5.74) is 8.35. The second-order valence-corrected chi connectivity index (χ2v) is 5.32. The lowest BCUT2D eigenvalue weighted by Gasteiger charge is -2.15. The normalized spacial score (nSPS) is 20.3. The quantitative estimate of drug-likeness (QED) is 0.811. The number of hydrogen-bond acceptors (Lipinski definition) is 3. The first kappa shape index (κ1) is 13.4. The van der Waals surface area contributed by atoms with E-state index in [2.05, 4.69) is 36.9 Å². The number of rotatable bonds is 5. The Hall–Kier alpha value is -1.06. The number of nitrogens with zero attached hydrogens (tertiary/aromatic N) is 1. The molecule has 3 nitrogen and oxygen atoms in total. The number of hydrogen-bond donors (Lipinski definition) is 1. The van der Waals surface area contributed by atoms with Gasteiger partial charge in [0.2, 0.25) is 0 Å². The van der Waals surface area contributed by atoms with Crippen molar-refractivity contribution in [2.75, 3.05) is 26.2 Å². The van der Waals surface area contributed by atoms with Crippen LogP contribution in [-0.2, 0) is 0 Å². The van der Waals surface area contributed by atoms with Gasteiger partial charge in [0, 0.05) is 19.1 Å². The smallest absolute Gasteiger partial charge is 0.122 e. The molecule has 3 heteroatoms. The summed E-state index contributed by atoms with van der Waals surface area (Å²) >= 11 is 0. The molecule has 2 rings (SSSR count). The minimum absolute atomic E-state index is 0.380. The molecule has 1 saturated heterocycles. The number of benzene rings is 1. The average molecular weight is 248 g/mol. The van der Waals surface area contributed by atoms with Gasteiger partial charge < -0.3 is 15.4 Å². The van der Waals surface area contributed by atoms with Gasteiger partial charge >= 0.3 is 0 Å². The molecule has 1 atom stereocenters. The number of nitrogens with two attached hydrogens (primary N) is 1. The van der Waals surface area contributed by atoms with Crippen LogP contribution in [0.25, 0.3) is 0 Å². The van der Waals surface area contributed by atoms with Gasteiger partial charge in [-0.2, -0.15) is 0 Å². The third-order valence-corrected chi connectivity index (χ3v) is 3.53. The van der Waals surface area contributed by atoms with E-state index in [1.807, 2.05) is 0 Å². The molecule has 1 aromatic rings. The summed E-state index contributed by atoms with van der Waals surface area (Å²) in [6.45, 7) is 8.26. The van der Waals surface area contributed by atoms with E-state index in [0.717, 1.165) is 44.8 Å². The van der Waals surface area contributed by atoms with Gasteiger partial charge in [0.15, 0.2) is 0 Å². The Balaban J connectivity index is 1.70. The van der Waals surface area contributed by atoms with Crippen LogP contribution in [0.15, 0.2) is 18.2 Å². The van der Waals surface area contributed by atoms with Gasteiger partial charge in [-0.25, -0.2) is 0 Å². The first-order valence-corrected chi connectivity index (χ1v) is 6.83. The topological polar surface area (TPSA) is 38.5 Å². The highest BCUT2D eigenvalue weighted by atomic mass is 16.5. The van der Waals surface area contributed by atoms with Crippen LogP contribution in [0.5, 0.6) is 5.75 Å². The zero-order valence-electron chi connectivity index (χ0n) is 11.5. The summed E-state index contributed by atoms with van der Waals surface area (Å²) in [6, 6.07) is 6.73. The Labute approximate surface area is 110 Å². The molecule has 1 aromatic carbocycles. The van der Waals surface area contributed by atoms with Gasteiger partial charge in [0.25, 0.3) is 0 Å². The van der Waals surface area contributed by atoms with Crippen LogP contribution in [0, 0.1) is 13.8 Å². The molecule has 1 heterocycles. The van der Waals surface area contributed by atoms with Crippen molar-refractivity contribution in [3.63, 3.8) is 0 Å². The van der Waals surface area contributed by atoms with Crippen molar-refractivity contribution in [3.05, 3.63) is 29.3 Å². The summed E-state index contributed by atoms with van der Waals surface area (Å²) in [5.74, 6) is 1.02. The van der Waals surface area contributed by atoms with E-state index in [1.165, 1.54) is 11.1 Å². The highest BCUT2D eigenvalue weighted by molar-refractivity contribution is 5.35. The van der Waals surface area contributed by atoms with Crippen molar-refractivity contribution >= 4 is 0 Å². The highest BCUT2D eigenvalue weighted by Gasteiger charge is 2.17. The SMILES string of the molecule is Cc1ccc(C)c(OCCCN2CCC(N)C2)c1. The first-order chi connectivity index (χ1) is 8.65. The number of ether oxygens (including phenoxy) is 1. The van der Waals surface area contributed by atoms with E-state index in [0.29, 0.717) is 6.04 Å². The molecule has 0 amide bonds. The van der Waals surface area contributed by atoms with Gasteiger partial charge in [0.05, 0.1) is 6.61 Å².